The van der Waals surface area contributed by atoms with Gasteiger partial charge in [0, 0.05) is 5.56 Å². The fourth-order valence-electron chi connectivity index (χ4n) is 1.33. The van der Waals surface area contributed by atoms with Gasteiger partial charge in [0.1, 0.15) is 0 Å². The Kier molecular flexibility index (Phi) is 4.39. The summed E-state index contributed by atoms with van der Waals surface area (Å²) < 4.78 is 42.0. The third kappa shape index (κ3) is 3.08. The minimum Gasteiger partial charge on any atom is -0.465 e. The minimum absolute atomic E-state index is 0.137. The van der Waals surface area contributed by atoms with Gasteiger partial charge < -0.3 is 15.2 Å². The summed E-state index contributed by atoms with van der Waals surface area (Å²) in [6, 6.07) is 5.52. The third-order valence-electron chi connectivity index (χ3n) is 2.50. The van der Waals surface area contributed by atoms with E-state index < -0.39 is 23.8 Å². The summed E-state index contributed by atoms with van der Waals surface area (Å²) in [5, 5.41) is 10.6. The number of amides is 1. The van der Waals surface area contributed by atoms with Crippen LogP contribution in [0.25, 0.3) is 0 Å². The molecule has 2 N–H and O–H groups in total. The highest BCUT2D eigenvalue weighted by Gasteiger charge is 2.62. The number of benzene rings is 1. The van der Waals surface area contributed by atoms with E-state index in [0.29, 0.717) is 7.11 Å². The number of aliphatic hydroxyl groups is 1. The Hall–Kier alpha value is -2.09. The quantitative estimate of drug-likeness (QED) is 0.647. The molecule has 0 bridgehead atoms. The van der Waals surface area contributed by atoms with E-state index in [-0.39, 0.29) is 5.56 Å². The lowest BCUT2D eigenvalue weighted by atomic mass is 10.1. The molecule has 1 aromatic carbocycles. The second kappa shape index (κ2) is 5.49. The van der Waals surface area contributed by atoms with Crippen molar-refractivity contribution >= 4 is 11.9 Å². The number of halogens is 3. The number of alkyl halides is 3. The van der Waals surface area contributed by atoms with Crippen molar-refractivity contribution in [3.05, 3.63) is 35.4 Å². The number of hydrogen-bond acceptors (Lipinski definition) is 4. The van der Waals surface area contributed by atoms with Gasteiger partial charge in [0.15, 0.2) is 0 Å². The first kappa shape index (κ1) is 16.0. The van der Waals surface area contributed by atoms with Crippen molar-refractivity contribution in [1.82, 2.24) is 5.32 Å². The molecule has 110 valence electrons. The van der Waals surface area contributed by atoms with Crippen molar-refractivity contribution in [2.45, 2.75) is 18.8 Å². The highest BCUT2D eigenvalue weighted by Crippen LogP contribution is 2.29. The van der Waals surface area contributed by atoms with Crippen LogP contribution in [0.2, 0.25) is 0 Å². The average molecular weight is 291 g/mol. The number of methoxy groups -OCH3 is 1. The number of carbonyl (C=O) groups is 2. The zero-order valence-corrected chi connectivity index (χ0v) is 10.6. The molecule has 0 aliphatic rings. The molecule has 0 aliphatic carbocycles. The maximum Gasteiger partial charge on any atom is 0.448 e. The van der Waals surface area contributed by atoms with Crippen molar-refractivity contribution in [1.29, 1.82) is 0 Å². The molecule has 0 spiro atoms. The van der Waals surface area contributed by atoms with Crippen LogP contribution in [0.5, 0.6) is 0 Å². The molecule has 0 unspecified atom stereocenters. The number of aryl methyl sites for hydroxylation is 1. The lowest BCUT2D eigenvalue weighted by Gasteiger charge is -2.28. The smallest absolute Gasteiger partial charge is 0.448 e. The summed E-state index contributed by atoms with van der Waals surface area (Å²) in [7, 11) is 0.664. The summed E-state index contributed by atoms with van der Waals surface area (Å²) in [6.45, 7) is 1.72. The van der Waals surface area contributed by atoms with Crippen LogP contribution in [0.4, 0.5) is 13.2 Å². The van der Waals surface area contributed by atoms with Gasteiger partial charge in [-0.25, -0.2) is 4.79 Å². The molecule has 1 aromatic rings. The lowest BCUT2D eigenvalue weighted by Crippen LogP contribution is -2.64. The van der Waals surface area contributed by atoms with Crippen LogP contribution in [0.15, 0.2) is 24.3 Å². The van der Waals surface area contributed by atoms with E-state index in [4.69, 9.17) is 0 Å². The molecule has 1 atom stereocenters. The summed E-state index contributed by atoms with van der Waals surface area (Å²) in [6.07, 6.45) is -5.42. The van der Waals surface area contributed by atoms with Gasteiger partial charge in [0.2, 0.25) is 0 Å². The van der Waals surface area contributed by atoms with Crippen LogP contribution in [0.1, 0.15) is 15.9 Å². The van der Waals surface area contributed by atoms with Gasteiger partial charge in [0.25, 0.3) is 5.91 Å². The first-order valence-corrected chi connectivity index (χ1v) is 5.38. The Bertz CT molecular complexity index is 512. The van der Waals surface area contributed by atoms with Crippen LogP contribution >= 0.6 is 0 Å². The van der Waals surface area contributed by atoms with E-state index in [1.165, 1.54) is 29.6 Å². The number of esters is 1. The van der Waals surface area contributed by atoms with Crippen molar-refractivity contribution in [2.24, 2.45) is 0 Å². The maximum absolute atomic E-state index is 12.7. The van der Waals surface area contributed by atoms with Crippen LogP contribution < -0.4 is 5.32 Å². The Balaban J connectivity index is 3.05. The molecular weight excluding hydrogens is 279 g/mol. The predicted molar refractivity (Wildman–Crippen MR) is 61.7 cm³/mol. The molecule has 0 saturated carbocycles. The lowest BCUT2D eigenvalue weighted by molar-refractivity contribution is -0.268. The molecule has 5 nitrogen and oxygen atoms in total. The van der Waals surface area contributed by atoms with Crippen LogP contribution in [-0.2, 0) is 9.53 Å². The molecule has 1 rings (SSSR count). The van der Waals surface area contributed by atoms with E-state index in [1.54, 1.807) is 6.92 Å². The number of rotatable bonds is 3. The zero-order valence-electron chi connectivity index (χ0n) is 10.6. The molecular formula is C12H12F3NO4. The summed E-state index contributed by atoms with van der Waals surface area (Å²) in [5.74, 6) is -3.28. The molecule has 0 fully saturated rings. The van der Waals surface area contributed by atoms with Gasteiger partial charge in [-0.15, -0.1) is 0 Å². The van der Waals surface area contributed by atoms with Crippen molar-refractivity contribution in [3.8, 4) is 0 Å². The number of carbonyl (C=O) groups excluding carboxylic acids is 2. The van der Waals surface area contributed by atoms with E-state index in [9.17, 15) is 27.9 Å². The molecule has 0 heterocycles. The van der Waals surface area contributed by atoms with E-state index in [2.05, 4.69) is 4.74 Å². The average Bonchev–Trinajstić information content (AvgIpc) is 2.36. The predicted octanol–water partition coefficient (Wildman–Crippen LogP) is 1.15. The van der Waals surface area contributed by atoms with E-state index in [0.717, 1.165) is 5.56 Å². The van der Waals surface area contributed by atoms with Gasteiger partial charge in [0.05, 0.1) is 7.11 Å². The second-order valence-corrected chi connectivity index (χ2v) is 4.02. The van der Waals surface area contributed by atoms with Crippen LogP contribution in [0.3, 0.4) is 0 Å². The topological polar surface area (TPSA) is 75.6 Å². The molecule has 0 aliphatic heterocycles. The highest BCUT2D eigenvalue weighted by molar-refractivity contribution is 5.97. The Labute approximate surface area is 112 Å². The van der Waals surface area contributed by atoms with E-state index in [1.807, 2.05) is 0 Å². The fourth-order valence-corrected chi connectivity index (χ4v) is 1.33. The van der Waals surface area contributed by atoms with Gasteiger partial charge in [-0.2, -0.15) is 13.2 Å². The van der Waals surface area contributed by atoms with Crippen LogP contribution in [-0.4, -0.2) is 36.0 Å². The summed E-state index contributed by atoms with van der Waals surface area (Å²) in [5.41, 5.74) is -3.44. The largest absolute Gasteiger partial charge is 0.465 e. The van der Waals surface area contributed by atoms with E-state index >= 15 is 0 Å². The standard InChI is InChI=1S/C12H12F3NO4/c1-7-3-5-8(6-4-7)9(17)16-11(19,10(18)20-2)12(13,14)15/h3-6,19H,1-2H3,(H,16,17)/t11-/m1/s1. The molecule has 0 saturated heterocycles. The van der Waals surface area contributed by atoms with Crippen molar-refractivity contribution < 1.29 is 32.6 Å². The molecule has 1 amide bonds. The van der Waals surface area contributed by atoms with Gasteiger partial charge in [-0.1, -0.05) is 17.7 Å². The number of hydrogen-bond donors (Lipinski definition) is 2. The molecule has 0 radical (unpaired) electrons. The fraction of sp³-hybridized carbons (Fsp3) is 0.333. The molecule has 8 heteroatoms. The van der Waals surface area contributed by atoms with Crippen molar-refractivity contribution in [2.75, 3.05) is 7.11 Å². The Morgan fingerprint density at radius 1 is 1.20 bits per heavy atom. The molecule has 0 aromatic heterocycles. The molecule has 20 heavy (non-hydrogen) atoms. The number of nitrogens with one attached hydrogen (secondary N) is 1. The highest BCUT2D eigenvalue weighted by atomic mass is 19.4. The second-order valence-electron chi connectivity index (χ2n) is 4.02. The third-order valence-corrected chi connectivity index (χ3v) is 2.50. The SMILES string of the molecule is COC(=O)[C@](O)(NC(=O)c1ccc(C)cc1)C(F)(F)F. The normalized spacial score (nSPS) is 14.3. The monoisotopic (exact) mass is 291 g/mol. The Morgan fingerprint density at radius 2 is 1.70 bits per heavy atom. The van der Waals surface area contributed by atoms with Crippen molar-refractivity contribution in [3.63, 3.8) is 0 Å². The first-order chi connectivity index (χ1) is 9.11. The van der Waals surface area contributed by atoms with Crippen LogP contribution in [0, 0.1) is 6.92 Å². The van der Waals surface area contributed by atoms with Gasteiger partial charge in [-0.05, 0) is 19.1 Å². The zero-order chi connectivity index (χ0) is 15.6. The Morgan fingerprint density at radius 3 is 2.10 bits per heavy atom. The maximum atomic E-state index is 12.7. The summed E-state index contributed by atoms with van der Waals surface area (Å²) in [4.78, 5) is 22.8. The first-order valence-electron chi connectivity index (χ1n) is 5.38. The minimum atomic E-state index is -5.42. The summed E-state index contributed by atoms with van der Waals surface area (Å²) >= 11 is 0. The van der Waals surface area contributed by atoms with Gasteiger partial charge >= 0.3 is 17.9 Å². The van der Waals surface area contributed by atoms with Gasteiger partial charge in [-0.3, -0.25) is 4.79 Å². The number of ether oxygens (including phenoxy) is 1.